The summed E-state index contributed by atoms with van der Waals surface area (Å²) in [6.45, 7) is 11.3. The first-order valence-electron chi connectivity index (χ1n) is 21.0. The van der Waals surface area contributed by atoms with E-state index in [-0.39, 0.29) is 78.2 Å². The molecule has 2 aliphatic carbocycles. The number of aryl methyl sites for hydroxylation is 1. The van der Waals surface area contributed by atoms with Gasteiger partial charge in [0.05, 0.1) is 31.3 Å². The molecule has 10 rings (SSSR count). The largest absolute Gasteiger partial charge is 0.475 e. The van der Waals surface area contributed by atoms with Gasteiger partial charge in [-0.2, -0.15) is 9.97 Å². The van der Waals surface area contributed by atoms with E-state index in [9.17, 15) is 9.90 Å². The molecule has 6 aliphatic rings. The van der Waals surface area contributed by atoms with Gasteiger partial charge in [0, 0.05) is 49.7 Å². The lowest BCUT2D eigenvalue weighted by Gasteiger charge is -2.46. The van der Waals surface area contributed by atoms with Crippen molar-refractivity contribution >= 4 is 33.6 Å². The molecule has 13 nitrogen and oxygen atoms in total. The third-order valence-electron chi connectivity index (χ3n) is 13.6. The molecule has 5 atom stereocenters. The predicted molar refractivity (Wildman–Crippen MR) is 215 cm³/mol. The maximum atomic E-state index is 17.7. The molecule has 1 amide bonds. The van der Waals surface area contributed by atoms with E-state index in [1.54, 1.807) is 18.2 Å². The van der Waals surface area contributed by atoms with E-state index in [4.69, 9.17) is 38.6 Å². The van der Waals surface area contributed by atoms with Gasteiger partial charge in [-0.3, -0.25) is 4.90 Å². The van der Waals surface area contributed by atoms with Crippen LogP contribution in [0.2, 0.25) is 0 Å². The van der Waals surface area contributed by atoms with Gasteiger partial charge in [0.25, 0.3) is 0 Å². The van der Waals surface area contributed by atoms with Gasteiger partial charge in [-0.15, -0.1) is 0 Å². The molecule has 2 bridgehead atoms. The molecule has 2 aromatic carbocycles. The van der Waals surface area contributed by atoms with E-state index in [0.29, 0.717) is 64.3 Å². The van der Waals surface area contributed by atoms with Crippen LogP contribution in [0.1, 0.15) is 65.4 Å². The molecular weight excluding hydrogens is 763 g/mol. The lowest BCUT2D eigenvalue weighted by Crippen LogP contribution is -2.63. The second-order valence-electron chi connectivity index (χ2n) is 18.7. The van der Waals surface area contributed by atoms with Gasteiger partial charge in [0.15, 0.2) is 12.6 Å². The highest BCUT2D eigenvalue weighted by Crippen LogP contribution is 2.59. The Balaban J connectivity index is 1.08. The summed E-state index contributed by atoms with van der Waals surface area (Å²) < 4.78 is 63.2. The average molecular weight is 815 g/mol. The second kappa shape index (κ2) is 14.0. The van der Waals surface area contributed by atoms with Crippen LogP contribution in [0.25, 0.3) is 32.9 Å². The Bertz CT molecular complexity index is 2350. The number of carbonyl (C=O) groups is 1. The van der Waals surface area contributed by atoms with Gasteiger partial charge in [-0.25, -0.2) is 18.6 Å². The van der Waals surface area contributed by atoms with Crippen LogP contribution in [0, 0.1) is 28.4 Å². The first-order valence-corrected chi connectivity index (χ1v) is 21.0. The number of benzene rings is 2. The fraction of sp³-hybridized carbons (Fsp3) is 0.591. The molecule has 59 heavy (non-hydrogen) atoms. The van der Waals surface area contributed by atoms with E-state index in [1.165, 1.54) is 13.2 Å². The fourth-order valence-electron chi connectivity index (χ4n) is 10.4. The highest BCUT2D eigenvalue weighted by atomic mass is 19.1. The average Bonchev–Trinajstić information content (AvgIpc) is 4.07. The predicted octanol–water partition coefficient (Wildman–Crippen LogP) is 6.49. The maximum absolute atomic E-state index is 17.7. The number of amides is 1. The number of methoxy groups -OCH3 is 1. The smallest absolute Gasteiger partial charge is 0.410 e. The number of nitrogens with zero attached hydrogens (tertiary/aromatic N) is 6. The summed E-state index contributed by atoms with van der Waals surface area (Å²) in [5, 5.41) is 11.5. The summed E-state index contributed by atoms with van der Waals surface area (Å²) in [4.78, 5) is 34.8. The molecule has 5 unspecified atom stereocenters. The first kappa shape index (κ1) is 38.6. The Morgan fingerprint density at radius 3 is 2.61 bits per heavy atom. The monoisotopic (exact) mass is 814 g/mol. The molecule has 4 aromatic rings. The number of hydrogen-bond acceptors (Lipinski definition) is 12. The zero-order valence-corrected chi connectivity index (χ0v) is 34.4. The number of hydrogen-bond donors (Lipinski definition) is 1. The van der Waals surface area contributed by atoms with Crippen LogP contribution < -0.4 is 19.1 Å². The van der Waals surface area contributed by atoms with Crippen LogP contribution in [0.15, 0.2) is 24.3 Å². The molecule has 6 heterocycles. The van der Waals surface area contributed by atoms with Gasteiger partial charge in [-0.05, 0) is 99.7 Å². The topological polar surface area (TPSA) is 132 Å². The van der Waals surface area contributed by atoms with Crippen LogP contribution in [0.3, 0.4) is 0 Å². The lowest BCUT2D eigenvalue weighted by molar-refractivity contribution is 0.00537. The minimum Gasteiger partial charge on any atom is -0.475 e. The third-order valence-corrected chi connectivity index (χ3v) is 13.6. The van der Waals surface area contributed by atoms with Crippen molar-refractivity contribution in [3.8, 4) is 28.9 Å². The minimum atomic E-state index is -0.724. The fourth-order valence-corrected chi connectivity index (χ4v) is 10.4. The molecule has 5 fully saturated rings. The molecule has 2 saturated carbocycles. The Hall–Kier alpha value is -4.60. The number of aliphatic hydroxyl groups excluding tert-OH is 1. The van der Waals surface area contributed by atoms with E-state index in [2.05, 4.69) is 9.80 Å². The molecule has 3 saturated heterocycles. The van der Waals surface area contributed by atoms with Crippen LogP contribution in [-0.2, 0) is 15.9 Å². The van der Waals surface area contributed by atoms with E-state index < -0.39 is 17.2 Å². The minimum absolute atomic E-state index is 0.0206. The number of fused-ring (bicyclic) bond motifs is 7. The van der Waals surface area contributed by atoms with Crippen molar-refractivity contribution < 1.29 is 42.4 Å². The number of piperazine rings is 1. The Morgan fingerprint density at radius 2 is 1.88 bits per heavy atom. The number of halogens is 2. The SMILES string of the molecule is CCc1c(F)ccc2cc(OCOC)cc(-c3nc4c5c(nc(OCC6(CN7CC8CC8(CO)C7)CC6)nc5c3F)N3CC5CCC(C3CO4)N5C(=O)OC(C)(C)C)c12. The lowest BCUT2D eigenvalue weighted by atomic mass is 9.94. The standard InChI is InChI=1S/C44H52F2N6O7/c1-6-28-30(45)9-7-24-13-27(58-23-55-5)14-29(33(24)28)36-35(46)37-34-38(49-40(48-37)57-22-43(11-12-43)19-50-16-25-15-44(25,20-50)21-53)51-17-26-8-10-31(32(51)18-56-39(34)47-36)52(26)41(54)59-42(2,3)4/h7,9,13-14,25-26,31-32,53H,6,8,10-12,15-23H2,1-5H3. The quantitative estimate of drug-likeness (QED) is 0.166. The zero-order chi connectivity index (χ0) is 41.0. The Morgan fingerprint density at radius 1 is 1.05 bits per heavy atom. The summed E-state index contributed by atoms with van der Waals surface area (Å²) in [5.74, 6) is 0.405. The van der Waals surface area contributed by atoms with Crippen molar-refractivity contribution in [1.82, 2.24) is 24.8 Å². The Labute approximate surface area is 341 Å². The van der Waals surface area contributed by atoms with Gasteiger partial charge < -0.3 is 38.6 Å². The number of carbonyl (C=O) groups excluding carboxylic acids is 1. The number of piperidine rings is 1. The van der Waals surface area contributed by atoms with Crippen molar-refractivity contribution in [2.24, 2.45) is 16.7 Å². The van der Waals surface area contributed by atoms with Crippen LogP contribution >= 0.6 is 0 Å². The molecule has 1 N–H and O–H groups in total. The van der Waals surface area contributed by atoms with Gasteiger partial charge >= 0.3 is 12.1 Å². The summed E-state index contributed by atoms with van der Waals surface area (Å²) in [5.41, 5.74) is -0.0515. The number of rotatable bonds is 11. The van der Waals surface area contributed by atoms with E-state index >= 15 is 8.78 Å². The van der Waals surface area contributed by atoms with Crippen molar-refractivity contribution in [1.29, 1.82) is 0 Å². The summed E-state index contributed by atoms with van der Waals surface area (Å²) in [6.07, 6.45) is 4.56. The number of aromatic nitrogens is 3. The van der Waals surface area contributed by atoms with E-state index in [1.807, 2.05) is 32.6 Å². The third kappa shape index (κ3) is 6.58. The maximum Gasteiger partial charge on any atom is 0.410 e. The number of ether oxygens (including phenoxy) is 5. The molecular formula is C44H52F2N6O7. The van der Waals surface area contributed by atoms with Gasteiger partial charge in [0.2, 0.25) is 5.88 Å². The van der Waals surface area contributed by atoms with Crippen molar-refractivity contribution in [3.05, 3.63) is 41.5 Å². The molecule has 2 aromatic heterocycles. The van der Waals surface area contributed by atoms with Gasteiger partial charge in [-0.1, -0.05) is 13.0 Å². The highest BCUT2D eigenvalue weighted by Gasteiger charge is 2.61. The summed E-state index contributed by atoms with van der Waals surface area (Å²) in [7, 11) is 1.51. The van der Waals surface area contributed by atoms with Gasteiger partial charge in [0.1, 0.15) is 46.2 Å². The van der Waals surface area contributed by atoms with Crippen LogP contribution in [0.5, 0.6) is 17.6 Å². The zero-order valence-electron chi connectivity index (χ0n) is 34.4. The van der Waals surface area contributed by atoms with E-state index in [0.717, 1.165) is 51.7 Å². The number of aliphatic hydroxyl groups is 1. The second-order valence-corrected chi connectivity index (χ2v) is 18.7. The number of likely N-dealkylation sites (tertiary alicyclic amines) is 1. The summed E-state index contributed by atoms with van der Waals surface area (Å²) in [6, 6.07) is 5.76. The Kier molecular flexibility index (Phi) is 9.15. The molecule has 314 valence electrons. The molecule has 0 radical (unpaired) electrons. The number of anilines is 1. The van der Waals surface area contributed by atoms with Crippen molar-refractivity contribution in [3.63, 3.8) is 0 Å². The number of pyridine rings is 1. The molecule has 0 spiro atoms. The van der Waals surface area contributed by atoms with Crippen LogP contribution in [0.4, 0.5) is 19.4 Å². The van der Waals surface area contributed by atoms with Crippen molar-refractivity contribution in [2.45, 2.75) is 89.9 Å². The molecule has 15 heteroatoms. The highest BCUT2D eigenvalue weighted by molar-refractivity contribution is 6.03. The van der Waals surface area contributed by atoms with Crippen molar-refractivity contribution in [2.75, 3.05) is 64.8 Å². The summed E-state index contributed by atoms with van der Waals surface area (Å²) >= 11 is 0. The normalized spacial score (nSPS) is 26.4. The van der Waals surface area contributed by atoms with Crippen LogP contribution in [-0.4, -0.2) is 120 Å². The molecule has 4 aliphatic heterocycles. The first-order chi connectivity index (χ1) is 28.3.